The van der Waals surface area contributed by atoms with E-state index in [9.17, 15) is 9.90 Å². The van der Waals surface area contributed by atoms with E-state index in [4.69, 9.17) is 0 Å². The number of hydrogen-bond donors (Lipinski definition) is 3. The molecule has 0 bridgehead atoms. The van der Waals surface area contributed by atoms with Gasteiger partial charge in [0, 0.05) is 5.56 Å². The van der Waals surface area contributed by atoms with Gasteiger partial charge >= 0.3 is 0 Å². The van der Waals surface area contributed by atoms with Crippen LogP contribution in [0.4, 0.5) is 0 Å². The molecular formula is C19H22N2O2+2. The van der Waals surface area contributed by atoms with E-state index < -0.39 is 0 Å². The smallest absolute Gasteiger partial charge is 0.189 e. The summed E-state index contributed by atoms with van der Waals surface area (Å²) in [5.41, 5.74) is 2.72. The molecule has 2 aromatic rings. The molecule has 1 atom stereocenters. The van der Waals surface area contributed by atoms with Gasteiger partial charge < -0.3 is 10.4 Å². The van der Waals surface area contributed by atoms with Crippen molar-refractivity contribution in [3.05, 3.63) is 65.7 Å². The number of ketones is 1. The molecule has 0 fully saturated rings. The van der Waals surface area contributed by atoms with Gasteiger partial charge in [-0.3, -0.25) is 4.79 Å². The zero-order valence-electron chi connectivity index (χ0n) is 13.0. The first-order valence-electron chi connectivity index (χ1n) is 8.02. The van der Waals surface area contributed by atoms with Crippen molar-refractivity contribution in [2.45, 2.75) is 18.9 Å². The number of benzene rings is 2. The fourth-order valence-corrected chi connectivity index (χ4v) is 3.04. The Kier molecular flexibility index (Phi) is 4.83. The fourth-order valence-electron chi connectivity index (χ4n) is 3.04. The fraction of sp³-hybridized carbons (Fsp3) is 0.263. The van der Waals surface area contributed by atoms with Gasteiger partial charge in [-0.2, -0.15) is 0 Å². The molecule has 4 heteroatoms. The minimum atomic E-state index is -0.0423. The summed E-state index contributed by atoms with van der Waals surface area (Å²) in [5, 5.41) is 12.2. The average Bonchev–Trinajstić information content (AvgIpc) is 2.81. The van der Waals surface area contributed by atoms with Gasteiger partial charge in [0.2, 0.25) is 0 Å². The molecule has 1 heterocycles. The first kappa shape index (κ1) is 15.4. The Morgan fingerprint density at radius 3 is 2.65 bits per heavy atom. The van der Waals surface area contributed by atoms with Crippen molar-refractivity contribution in [2.75, 3.05) is 13.1 Å². The third kappa shape index (κ3) is 3.85. The number of nitrogens with two attached hydrogens (primary N) is 1. The Hall–Kier alpha value is -2.46. The lowest BCUT2D eigenvalue weighted by Gasteiger charge is -2.12. The highest BCUT2D eigenvalue weighted by atomic mass is 16.3. The molecule has 1 unspecified atom stereocenters. The van der Waals surface area contributed by atoms with Crippen LogP contribution < -0.4 is 10.3 Å². The van der Waals surface area contributed by atoms with Gasteiger partial charge in [0.25, 0.3) is 0 Å². The Balaban J connectivity index is 1.73. The predicted molar refractivity (Wildman–Crippen MR) is 88.5 cm³/mol. The van der Waals surface area contributed by atoms with E-state index in [1.165, 1.54) is 5.56 Å². The van der Waals surface area contributed by atoms with Crippen LogP contribution in [0.5, 0.6) is 5.75 Å². The number of carbonyl (C=O) groups excluding carboxylic acids is 1. The van der Waals surface area contributed by atoms with Gasteiger partial charge in [0.15, 0.2) is 18.0 Å². The van der Waals surface area contributed by atoms with Crippen LogP contribution in [0.25, 0.3) is 0 Å². The maximum Gasteiger partial charge on any atom is 0.189 e. The molecule has 0 saturated heterocycles. The van der Waals surface area contributed by atoms with E-state index in [1.54, 1.807) is 24.3 Å². The second-order valence-electron chi connectivity index (χ2n) is 5.89. The zero-order chi connectivity index (χ0) is 16.1. The molecule has 0 amide bonds. The number of phenols is 1. The Morgan fingerprint density at radius 2 is 1.87 bits per heavy atom. The highest BCUT2D eigenvalue weighted by Gasteiger charge is 2.26. The number of para-hydroxylation sites is 1. The second-order valence-corrected chi connectivity index (χ2v) is 5.89. The van der Waals surface area contributed by atoms with E-state index in [1.807, 2.05) is 18.2 Å². The molecule has 118 valence electrons. The van der Waals surface area contributed by atoms with Crippen LogP contribution in [-0.4, -0.2) is 29.7 Å². The second kappa shape index (κ2) is 7.20. The lowest BCUT2D eigenvalue weighted by atomic mass is 9.97. The summed E-state index contributed by atoms with van der Waals surface area (Å²) in [4.78, 5) is 15.8. The monoisotopic (exact) mass is 310 g/mol. The molecule has 0 spiro atoms. The van der Waals surface area contributed by atoms with Crippen LogP contribution in [0.1, 0.15) is 34.8 Å². The number of nitrogens with one attached hydrogen (secondary N) is 1. The number of aromatic hydroxyl groups is 1. The summed E-state index contributed by atoms with van der Waals surface area (Å²) in [6.07, 6.45) is 1.15. The molecule has 3 rings (SSSR count). The number of phenolic OH excluding ortho intramolecular Hbond substituents is 1. The highest BCUT2D eigenvalue weighted by molar-refractivity contribution is 6.09. The first-order chi connectivity index (χ1) is 11.2. The third-order valence-corrected chi connectivity index (χ3v) is 4.24. The van der Waals surface area contributed by atoms with Crippen LogP contribution in [0.3, 0.4) is 0 Å². The van der Waals surface area contributed by atoms with Crippen molar-refractivity contribution in [2.24, 2.45) is 0 Å². The number of rotatable bonds is 4. The van der Waals surface area contributed by atoms with E-state index in [0.717, 1.165) is 25.2 Å². The largest absolute Gasteiger partial charge is 0.507 e. The number of hydrogen-bond acceptors (Lipinski definition) is 2. The Labute approximate surface area is 135 Å². The molecule has 0 radical (unpaired) electrons. The lowest BCUT2D eigenvalue weighted by Crippen LogP contribution is -2.88. The Morgan fingerprint density at radius 1 is 1.13 bits per heavy atom. The molecule has 0 saturated carbocycles. The first-order valence-corrected chi connectivity index (χ1v) is 8.02. The zero-order valence-corrected chi connectivity index (χ0v) is 13.0. The molecule has 0 aliphatic carbocycles. The maximum atomic E-state index is 12.5. The van der Waals surface area contributed by atoms with Gasteiger partial charge in [-0.15, -0.1) is 0 Å². The summed E-state index contributed by atoms with van der Waals surface area (Å²) in [6, 6.07) is 17.5. The summed E-state index contributed by atoms with van der Waals surface area (Å²) >= 11 is 0. The Bertz CT molecular complexity index is 710. The molecular weight excluding hydrogens is 288 g/mol. The van der Waals surface area contributed by atoms with Gasteiger partial charge in [-0.1, -0.05) is 42.5 Å². The SMILES string of the molecule is O=C(CC1=[NH+]CC[NH2+]C(c2ccccc2)C1)c1ccccc1O. The number of quaternary nitrogens is 1. The van der Waals surface area contributed by atoms with Crippen LogP contribution in [0.15, 0.2) is 54.6 Å². The maximum absolute atomic E-state index is 12.5. The minimum absolute atomic E-state index is 0.0423. The summed E-state index contributed by atoms with van der Waals surface area (Å²) < 4.78 is 0. The predicted octanol–water partition coefficient (Wildman–Crippen LogP) is 0.195. The van der Waals surface area contributed by atoms with Crippen LogP contribution in [0.2, 0.25) is 0 Å². The number of Topliss-reactive ketones (excluding diaryl/α,β-unsaturated/α-hetero) is 1. The van der Waals surface area contributed by atoms with E-state index in [-0.39, 0.29) is 11.5 Å². The molecule has 0 aromatic heterocycles. The summed E-state index contributed by atoms with van der Waals surface area (Å²) in [6.45, 7) is 1.83. The van der Waals surface area contributed by atoms with E-state index in [0.29, 0.717) is 18.0 Å². The molecule has 2 aromatic carbocycles. The van der Waals surface area contributed by atoms with Crippen molar-refractivity contribution in [1.29, 1.82) is 0 Å². The van der Waals surface area contributed by atoms with Crippen LogP contribution in [0, 0.1) is 0 Å². The molecule has 4 nitrogen and oxygen atoms in total. The molecule has 4 N–H and O–H groups in total. The van der Waals surface area contributed by atoms with Gasteiger partial charge in [0.05, 0.1) is 18.4 Å². The molecule has 1 aliphatic rings. The van der Waals surface area contributed by atoms with E-state index in [2.05, 4.69) is 22.4 Å². The summed E-state index contributed by atoms with van der Waals surface area (Å²) in [7, 11) is 0. The number of carbonyl (C=O) groups is 1. The van der Waals surface area contributed by atoms with Crippen molar-refractivity contribution >= 4 is 11.5 Å². The molecule has 23 heavy (non-hydrogen) atoms. The topological polar surface area (TPSA) is 67.9 Å². The van der Waals surface area contributed by atoms with Crippen LogP contribution >= 0.6 is 0 Å². The molecule has 1 aliphatic heterocycles. The normalized spacial score (nSPS) is 18.1. The standard InChI is InChI=1S/C19H20N2O2/c22-18-9-5-4-8-16(18)19(23)13-15-12-17(21-11-10-20-15)14-6-2-1-3-7-14/h1-9,17,21-22H,10-13H2/p+2. The van der Waals surface area contributed by atoms with Gasteiger partial charge in [0.1, 0.15) is 18.3 Å². The van der Waals surface area contributed by atoms with Crippen LogP contribution in [-0.2, 0) is 0 Å². The van der Waals surface area contributed by atoms with Gasteiger partial charge in [-0.05, 0) is 12.1 Å². The van der Waals surface area contributed by atoms with E-state index >= 15 is 0 Å². The highest BCUT2D eigenvalue weighted by Crippen LogP contribution is 2.19. The van der Waals surface area contributed by atoms with Crippen molar-refractivity contribution in [3.8, 4) is 5.75 Å². The van der Waals surface area contributed by atoms with Gasteiger partial charge in [-0.25, -0.2) is 4.99 Å². The van der Waals surface area contributed by atoms with Crippen molar-refractivity contribution < 1.29 is 20.2 Å². The summed E-state index contributed by atoms with van der Waals surface area (Å²) in [5.74, 6) is 0.0113. The lowest BCUT2D eigenvalue weighted by molar-refractivity contribution is -0.705. The van der Waals surface area contributed by atoms with Crippen molar-refractivity contribution in [3.63, 3.8) is 0 Å². The third-order valence-electron chi connectivity index (χ3n) is 4.24. The minimum Gasteiger partial charge on any atom is -0.507 e. The average molecular weight is 310 g/mol. The van der Waals surface area contributed by atoms with Crippen molar-refractivity contribution in [1.82, 2.24) is 0 Å². The quantitative estimate of drug-likeness (QED) is 0.706.